The molecule has 0 spiro atoms. The molecule has 0 atom stereocenters. The highest BCUT2D eigenvalue weighted by molar-refractivity contribution is 6.01. The molecule has 1 heterocycles. The molecule has 22 heavy (non-hydrogen) atoms. The van der Waals surface area contributed by atoms with Crippen molar-refractivity contribution in [1.82, 2.24) is 20.6 Å². The van der Waals surface area contributed by atoms with Crippen LogP contribution >= 0.6 is 0 Å². The number of carbonyl (C=O) groups excluding carboxylic acids is 1. The monoisotopic (exact) mass is 301 g/mol. The zero-order valence-corrected chi connectivity index (χ0v) is 12.7. The maximum atomic E-state index is 13.1. The first-order chi connectivity index (χ1) is 10.7. The molecule has 1 saturated carbocycles. The second-order valence-corrected chi connectivity index (χ2v) is 5.42. The molecule has 1 aromatic carbocycles. The minimum atomic E-state index is -0.647. The van der Waals surface area contributed by atoms with Crippen molar-refractivity contribution in [1.29, 1.82) is 0 Å². The Labute approximate surface area is 128 Å². The molecule has 3 rings (SSSR count). The SMILES string of the molecule is CCN(C(=O)C1(c2nn[nH]n2)CCC1)c1cccc(OC)c1. The Bertz CT molecular complexity index is 652. The summed E-state index contributed by atoms with van der Waals surface area (Å²) in [6.07, 6.45) is 2.51. The van der Waals surface area contributed by atoms with E-state index in [1.165, 1.54) is 0 Å². The highest BCUT2D eigenvalue weighted by atomic mass is 16.5. The molecule has 1 fully saturated rings. The Balaban J connectivity index is 1.94. The van der Waals surface area contributed by atoms with Gasteiger partial charge in [-0.25, -0.2) is 0 Å². The van der Waals surface area contributed by atoms with Crippen LogP contribution in [0.5, 0.6) is 5.75 Å². The molecule has 7 nitrogen and oxygen atoms in total. The van der Waals surface area contributed by atoms with Gasteiger partial charge in [-0.1, -0.05) is 17.7 Å². The van der Waals surface area contributed by atoms with Crippen LogP contribution in [0.3, 0.4) is 0 Å². The van der Waals surface area contributed by atoms with E-state index in [1.807, 2.05) is 31.2 Å². The van der Waals surface area contributed by atoms with E-state index in [-0.39, 0.29) is 5.91 Å². The molecule has 1 aromatic heterocycles. The van der Waals surface area contributed by atoms with Gasteiger partial charge < -0.3 is 9.64 Å². The number of tetrazole rings is 1. The predicted molar refractivity (Wildman–Crippen MR) is 80.7 cm³/mol. The van der Waals surface area contributed by atoms with Gasteiger partial charge in [-0.3, -0.25) is 4.79 Å². The predicted octanol–water partition coefficient (Wildman–Crippen LogP) is 1.68. The number of nitrogens with one attached hydrogen (secondary N) is 1. The highest BCUT2D eigenvalue weighted by Crippen LogP contribution is 2.44. The van der Waals surface area contributed by atoms with Gasteiger partial charge in [0.2, 0.25) is 5.91 Å². The number of amides is 1. The van der Waals surface area contributed by atoms with E-state index < -0.39 is 5.41 Å². The number of anilines is 1. The van der Waals surface area contributed by atoms with Crippen LogP contribution in [-0.2, 0) is 10.2 Å². The van der Waals surface area contributed by atoms with Crippen molar-refractivity contribution < 1.29 is 9.53 Å². The van der Waals surface area contributed by atoms with Crippen LogP contribution in [0.15, 0.2) is 24.3 Å². The quantitative estimate of drug-likeness (QED) is 0.908. The first-order valence-corrected chi connectivity index (χ1v) is 7.41. The summed E-state index contributed by atoms with van der Waals surface area (Å²) in [5, 5.41) is 14.2. The number of rotatable bonds is 5. The Morgan fingerprint density at radius 3 is 2.82 bits per heavy atom. The number of nitrogens with zero attached hydrogens (tertiary/aromatic N) is 4. The molecule has 0 unspecified atom stereocenters. The zero-order chi connectivity index (χ0) is 15.6. The van der Waals surface area contributed by atoms with Crippen LogP contribution in [0.4, 0.5) is 5.69 Å². The number of benzene rings is 1. The van der Waals surface area contributed by atoms with Gasteiger partial charge in [-0.2, -0.15) is 5.21 Å². The summed E-state index contributed by atoms with van der Waals surface area (Å²) in [5.41, 5.74) is 0.174. The maximum absolute atomic E-state index is 13.1. The molecular formula is C15H19N5O2. The lowest BCUT2D eigenvalue weighted by atomic mass is 9.67. The molecule has 7 heteroatoms. The van der Waals surface area contributed by atoms with E-state index >= 15 is 0 Å². The van der Waals surface area contributed by atoms with Crippen LogP contribution in [0.25, 0.3) is 0 Å². The third-order valence-corrected chi connectivity index (χ3v) is 4.32. The number of aromatic nitrogens is 4. The van der Waals surface area contributed by atoms with Gasteiger partial charge in [0.1, 0.15) is 11.2 Å². The Hall–Kier alpha value is -2.44. The average molecular weight is 301 g/mol. The Morgan fingerprint density at radius 1 is 1.45 bits per heavy atom. The number of hydrogen-bond acceptors (Lipinski definition) is 5. The largest absolute Gasteiger partial charge is 0.497 e. The third kappa shape index (κ3) is 2.22. The van der Waals surface area contributed by atoms with Gasteiger partial charge in [-0.15, -0.1) is 10.2 Å². The summed E-state index contributed by atoms with van der Waals surface area (Å²) in [6.45, 7) is 2.53. The van der Waals surface area contributed by atoms with E-state index in [0.29, 0.717) is 12.4 Å². The molecule has 0 aliphatic heterocycles. The average Bonchev–Trinajstić information content (AvgIpc) is 3.02. The minimum absolute atomic E-state index is 0.0240. The number of carbonyl (C=O) groups is 1. The number of methoxy groups -OCH3 is 1. The van der Waals surface area contributed by atoms with Crippen LogP contribution < -0.4 is 9.64 Å². The minimum Gasteiger partial charge on any atom is -0.497 e. The lowest BCUT2D eigenvalue weighted by Gasteiger charge is -2.40. The normalized spacial score (nSPS) is 15.9. The zero-order valence-electron chi connectivity index (χ0n) is 12.7. The van der Waals surface area contributed by atoms with E-state index in [9.17, 15) is 4.79 Å². The van der Waals surface area contributed by atoms with E-state index in [1.54, 1.807) is 12.0 Å². The van der Waals surface area contributed by atoms with Crippen molar-refractivity contribution in [3.8, 4) is 5.75 Å². The molecule has 1 amide bonds. The van der Waals surface area contributed by atoms with Crippen LogP contribution in [0.2, 0.25) is 0 Å². The summed E-state index contributed by atoms with van der Waals surface area (Å²) >= 11 is 0. The lowest BCUT2D eigenvalue weighted by molar-refractivity contribution is -0.127. The second-order valence-electron chi connectivity index (χ2n) is 5.42. The fourth-order valence-electron chi connectivity index (χ4n) is 2.91. The summed E-state index contributed by atoms with van der Waals surface area (Å²) in [4.78, 5) is 14.9. The fourth-order valence-corrected chi connectivity index (χ4v) is 2.91. The maximum Gasteiger partial charge on any atom is 0.241 e. The van der Waals surface area contributed by atoms with Crippen LogP contribution in [0, 0.1) is 0 Å². The van der Waals surface area contributed by atoms with Crippen molar-refractivity contribution >= 4 is 11.6 Å². The van der Waals surface area contributed by atoms with Gasteiger partial charge in [0.05, 0.1) is 7.11 Å². The molecule has 116 valence electrons. The van der Waals surface area contributed by atoms with Gasteiger partial charge in [0.25, 0.3) is 0 Å². The highest BCUT2D eigenvalue weighted by Gasteiger charge is 2.51. The van der Waals surface area contributed by atoms with Crippen molar-refractivity contribution in [3.05, 3.63) is 30.1 Å². The molecule has 0 radical (unpaired) electrons. The summed E-state index contributed by atoms with van der Waals surface area (Å²) in [7, 11) is 1.62. The number of ether oxygens (including phenoxy) is 1. The van der Waals surface area contributed by atoms with Crippen molar-refractivity contribution in [2.45, 2.75) is 31.6 Å². The molecule has 1 aliphatic carbocycles. The van der Waals surface area contributed by atoms with Gasteiger partial charge in [0.15, 0.2) is 5.82 Å². The van der Waals surface area contributed by atoms with Crippen LogP contribution in [-0.4, -0.2) is 40.2 Å². The van der Waals surface area contributed by atoms with Crippen molar-refractivity contribution in [2.24, 2.45) is 0 Å². The van der Waals surface area contributed by atoms with E-state index in [2.05, 4.69) is 20.6 Å². The Morgan fingerprint density at radius 2 is 2.27 bits per heavy atom. The molecular weight excluding hydrogens is 282 g/mol. The summed E-state index contributed by atoms with van der Waals surface area (Å²) < 4.78 is 5.25. The van der Waals surface area contributed by atoms with Crippen molar-refractivity contribution in [2.75, 3.05) is 18.6 Å². The Kier molecular flexibility index (Phi) is 3.79. The number of aromatic amines is 1. The van der Waals surface area contributed by atoms with Gasteiger partial charge >= 0.3 is 0 Å². The summed E-state index contributed by atoms with van der Waals surface area (Å²) in [6, 6.07) is 7.52. The van der Waals surface area contributed by atoms with Gasteiger partial charge in [0, 0.05) is 18.3 Å². The van der Waals surface area contributed by atoms with Gasteiger partial charge in [-0.05, 0) is 31.9 Å². The fraction of sp³-hybridized carbons (Fsp3) is 0.467. The molecule has 0 saturated heterocycles. The second kappa shape index (κ2) is 5.75. The number of likely N-dealkylation sites (N-methyl/N-ethyl adjacent to an activating group) is 1. The van der Waals surface area contributed by atoms with E-state index in [4.69, 9.17) is 4.74 Å². The topological polar surface area (TPSA) is 84.0 Å². The lowest BCUT2D eigenvalue weighted by Crippen LogP contribution is -2.52. The molecule has 2 aromatic rings. The third-order valence-electron chi connectivity index (χ3n) is 4.32. The van der Waals surface area contributed by atoms with E-state index in [0.717, 1.165) is 30.7 Å². The van der Waals surface area contributed by atoms with Crippen LogP contribution in [0.1, 0.15) is 32.0 Å². The molecule has 0 bridgehead atoms. The molecule has 1 N–H and O–H groups in total. The number of hydrogen-bond donors (Lipinski definition) is 1. The first-order valence-electron chi connectivity index (χ1n) is 7.41. The van der Waals surface area contributed by atoms with Crippen molar-refractivity contribution in [3.63, 3.8) is 0 Å². The molecule has 1 aliphatic rings. The first kappa shape index (κ1) is 14.5. The smallest absolute Gasteiger partial charge is 0.241 e. The standard InChI is InChI=1S/C15H19N5O2/c1-3-20(11-6-4-7-12(10-11)22-2)14(21)15(8-5-9-15)13-16-18-19-17-13/h4,6-7,10H,3,5,8-9H2,1-2H3,(H,16,17,18,19). The number of H-pyrrole nitrogens is 1. The summed E-state index contributed by atoms with van der Waals surface area (Å²) in [5.74, 6) is 1.24.